The van der Waals surface area contributed by atoms with Crippen LogP contribution in [-0.2, 0) is 10.7 Å². The summed E-state index contributed by atoms with van der Waals surface area (Å²) in [6.45, 7) is 7.69. The van der Waals surface area contributed by atoms with Crippen molar-refractivity contribution in [3.05, 3.63) is 23.3 Å². The number of methoxy groups -OCH3 is 1. The smallest absolute Gasteiger partial charge is 0.123 e. The van der Waals surface area contributed by atoms with Crippen LogP contribution in [-0.4, -0.2) is 13.7 Å². The van der Waals surface area contributed by atoms with E-state index in [0.717, 1.165) is 58.1 Å². The van der Waals surface area contributed by atoms with E-state index in [1.807, 2.05) is 0 Å². The lowest BCUT2D eigenvalue weighted by Gasteiger charge is -2.16. The molecule has 1 aromatic rings. The summed E-state index contributed by atoms with van der Waals surface area (Å²) in [4.78, 5) is 0. The van der Waals surface area contributed by atoms with Crippen molar-refractivity contribution < 1.29 is 9.47 Å². The first kappa shape index (κ1) is 20.8. The zero-order chi connectivity index (χ0) is 17.2. The molecule has 0 unspecified atom stereocenters. The molecule has 1 aromatic carbocycles. The largest absolute Gasteiger partial charge is 0.496 e. The molecule has 0 aliphatic carbocycles. The molecule has 0 radical (unpaired) electrons. The highest BCUT2D eigenvalue weighted by Gasteiger charge is 2.11. The fourth-order valence-electron chi connectivity index (χ4n) is 2.57. The predicted molar refractivity (Wildman–Crippen MR) is 106 cm³/mol. The Kier molecular flexibility index (Phi) is 10.3. The summed E-state index contributed by atoms with van der Waals surface area (Å²) in [6, 6.07) is 4.15. The maximum Gasteiger partial charge on any atom is 0.123 e. The van der Waals surface area contributed by atoms with Gasteiger partial charge in [-0.2, -0.15) is 0 Å². The van der Waals surface area contributed by atoms with Crippen molar-refractivity contribution in [1.82, 2.24) is 0 Å². The topological polar surface area (TPSA) is 18.5 Å². The van der Waals surface area contributed by atoms with Crippen LogP contribution in [0.3, 0.4) is 0 Å². The van der Waals surface area contributed by atoms with Crippen LogP contribution in [0.25, 0.3) is 0 Å². The molecular weight excluding hydrogens is 420 g/mol. The van der Waals surface area contributed by atoms with E-state index in [0.29, 0.717) is 0 Å². The first-order valence-corrected chi connectivity index (χ1v) is 10.7. The lowest BCUT2D eigenvalue weighted by molar-refractivity contribution is 0.273. The molecule has 0 saturated heterocycles. The number of alkyl halides is 2. The van der Waals surface area contributed by atoms with E-state index in [1.54, 1.807) is 7.11 Å². The summed E-state index contributed by atoms with van der Waals surface area (Å²) >= 11 is 7.05. The van der Waals surface area contributed by atoms with Gasteiger partial charge in [0.25, 0.3) is 0 Å². The van der Waals surface area contributed by atoms with Crippen LogP contribution in [0.15, 0.2) is 12.1 Å². The monoisotopic (exact) mass is 448 g/mol. The molecule has 0 amide bonds. The third-order valence-corrected chi connectivity index (χ3v) is 5.31. The van der Waals surface area contributed by atoms with Crippen LogP contribution < -0.4 is 9.47 Å². The van der Waals surface area contributed by atoms with Gasteiger partial charge in [-0.05, 0) is 30.4 Å². The maximum absolute atomic E-state index is 6.06. The number of ether oxygens (including phenoxy) is 2. The summed E-state index contributed by atoms with van der Waals surface area (Å²) < 4.78 is 11.5. The Morgan fingerprint density at radius 1 is 0.913 bits per heavy atom. The third kappa shape index (κ3) is 7.47. The maximum atomic E-state index is 6.06. The third-order valence-electron chi connectivity index (χ3n) is 4.10. The van der Waals surface area contributed by atoms with Crippen LogP contribution in [0.1, 0.15) is 57.6 Å². The Bertz CT molecular complexity index is 461. The van der Waals surface area contributed by atoms with Gasteiger partial charge in [-0.3, -0.25) is 0 Å². The summed E-state index contributed by atoms with van der Waals surface area (Å²) in [5.41, 5.74) is 2.26. The van der Waals surface area contributed by atoms with Gasteiger partial charge in [0.15, 0.2) is 0 Å². The molecule has 1 rings (SSSR count). The number of hydrogen-bond donors (Lipinski definition) is 0. The Morgan fingerprint density at radius 3 is 2.09 bits per heavy atom. The quantitative estimate of drug-likeness (QED) is 0.349. The van der Waals surface area contributed by atoms with Gasteiger partial charge in [-0.1, -0.05) is 71.9 Å². The van der Waals surface area contributed by atoms with Gasteiger partial charge in [-0.15, -0.1) is 0 Å². The van der Waals surface area contributed by atoms with Gasteiger partial charge in [0, 0.05) is 21.8 Å². The lowest BCUT2D eigenvalue weighted by Crippen LogP contribution is -2.06. The average molecular weight is 450 g/mol. The Labute approximate surface area is 158 Å². The zero-order valence-electron chi connectivity index (χ0n) is 14.8. The highest BCUT2D eigenvalue weighted by atomic mass is 79.9. The van der Waals surface area contributed by atoms with Gasteiger partial charge < -0.3 is 9.47 Å². The molecule has 0 saturated carbocycles. The van der Waals surface area contributed by atoms with Gasteiger partial charge in [-0.25, -0.2) is 0 Å². The van der Waals surface area contributed by atoms with E-state index in [-0.39, 0.29) is 0 Å². The molecule has 0 N–H and O–H groups in total. The van der Waals surface area contributed by atoms with Gasteiger partial charge in [0.05, 0.1) is 13.7 Å². The van der Waals surface area contributed by atoms with E-state index in [2.05, 4.69) is 64.8 Å². The molecule has 4 heteroatoms. The van der Waals surface area contributed by atoms with Crippen LogP contribution in [0, 0.1) is 11.8 Å². The number of benzene rings is 1. The Balaban J connectivity index is 2.53. The SMILES string of the molecule is COc1cc(CBr)c(OCC[C@@H](C)CCCC(C)C)cc1CBr. The second-order valence-corrected chi connectivity index (χ2v) is 7.73. The fraction of sp³-hybridized carbons (Fsp3) is 0.684. The van der Waals surface area contributed by atoms with Crippen LogP contribution in [0.2, 0.25) is 0 Å². The molecule has 0 fully saturated rings. The molecule has 0 aliphatic heterocycles. The summed E-state index contributed by atoms with van der Waals surface area (Å²) in [5, 5.41) is 1.53. The molecular formula is C19H30Br2O2. The highest BCUT2D eigenvalue weighted by molar-refractivity contribution is 9.08. The van der Waals surface area contributed by atoms with E-state index < -0.39 is 0 Å². The van der Waals surface area contributed by atoms with Crippen molar-refractivity contribution >= 4 is 31.9 Å². The molecule has 132 valence electrons. The lowest BCUT2D eigenvalue weighted by atomic mass is 9.98. The summed E-state index contributed by atoms with van der Waals surface area (Å²) in [7, 11) is 1.71. The van der Waals surface area contributed by atoms with Gasteiger partial charge >= 0.3 is 0 Å². The van der Waals surface area contributed by atoms with E-state index >= 15 is 0 Å². The van der Waals surface area contributed by atoms with E-state index in [9.17, 15) is 0 Å². The first-order chi connectivity index (χ1) is 11.0. The standard InChI is InChI=1S/C19H30Br2O2/c1-14(2)6-5-7-15(3)8-9-23-19-11-16(12-20)18(22-4)10-17(19)13-21/h10-11,14-15H,5-9,12-13H2,1-4H3/t15-/m0/s1. The molecule has 2 nitrogen and oxygen atoms in total. The van der Waals surface area contributed by atoms with Crippen molar-refractivity contribution in [1.29, 1.82) is 0 Å². The van der Waals surface area contributed by atoms with Crippen molar-refractivity contribution in [3.63, 3.8) is 0 Å². The number of rotatable bonds is 11. The fourth-order valence-corrected chi connectivity index (χ4v) is 3.44. The van der Waals surface area contributed by atoms with Crippen LogP contribution in [0.4, 0.5) is 0 Å². The minimum Gasteiger partial charge on any atom is -0.496 e. The molecule has 0 heterocycles. The second kappa shape index (κ2) is 11.4. The normalized spacial score (nSPS) is 12.5. The molecule has 0 spiro atoms. The molecule has 0 aromatic heterocycles. The van der Waals surface area contributed by atoms with Gasteiger partial charge in [0.1, 0.15) is 11.5 Å². The van der Waals surface area contributed by atoms with Crippen LogP contribution >= 0.6 is 31.9 Å². The first-order valence-electron chi connectivity index (χ1n) is 8.46. The Hall–Kier alpha value is -0.220. The number of hydrogen-bond acceptors (Lipinski definition) is 2. The van der Waals surface area contributed by atoms with Crippen molar-refractivity contribution in [3.8, 4) is 11.5 Å². The predicted octanol–water partition coefficient (Wildman–Crippen LogP) is 6.72. The molecule has 23 heavy (non-hydrogen) atoms. The van der Waals surface area contributed by atoms with Gasteiger partial charge in [0.2, 0.25) is 0 Å². The van der Waals surface area contributed by atoms with Crippen molar-refractivity contribution in [2.24, 2.45) is 11.8 Å². The summed E-state index contributed by atoms with van der Waals surface area (Å²) in [5.74, 6) is 3.40. The van der Waals surface area contributed by atoms with Crippen LogP contribution in [0.5, 0.6) is 11.5 Å². The average Bonchev–Trinajstić information content (AvgIpc) is 2.53. The summed E-state index contributed by atoms with van der Waals surface area (Å²) in [6.07, 6.45) is 5.05. The molecule has 0 bridgehead atoms. The van der Waals surface area contributed by atoms with Crippen molar-refractivity contribution in [2.45, 2.75) is 57.1 Å². The molecule has 0 aliphatic rings. The zero-order valence-corrected chi connectivity index (χ0v) is 18.0. The minimum atomic E-state index is 0.718. The minimum absolute atomic E-state index is 0.718. The van der Waals surface area contributed by atoms with Crippen molar-refractivity contribution in [2.75, 3.05) is 13.7 Å². The highest BCUT2D eigenvalue weighted by Crippen LogP contribution is 2.32. The Morgan fingerprint density at radius 2 is 1.52 bits per heavy atom. The number of halogens is 2. The second-order valence-electron chi connectivity index (χ2n) is 6.61. The molecule has 1 atom stereocenters. The van der Waals surface area contributed by atoms with E-state index in [4.69, 9.17) is 9.47 Å². The van der Waals surface area contributed by atoms with E-state index in [1.165, 1.54) is 19.3 Å².